The van der Waals surface area contributed by atoms with Crippen LogP contribution in [-0.4, -0.2) is 37.2 Å². The van der Waals surface area contributed by atoms with Gasteiger partial charge in [0.15, 0.2) is 6.10 Å². The predicted octanol–water partition coefficient (Wildman–Crippen LogP) is 21.8. The first-order valence-corrected chi connectivity index (χ1v) is 31.9. The Kier molecular flexibility index (Phi) is 60.3. The Hall–Kier alpha value is -3.93. The van der Waals surface area contributed by atoms with Gasteiger partial charge in [-0.25, -0.2) is 0 Å². The third-order valence-electron chi connectivity index (χ3n) is 13.5. The summed E-state index contributed by atoms with van der Waals surface area (Å²) in [6, 6.07) is 0. The van der Waals surface area contributed by atoms with Crippen LogP contribution in [0.4, 0.5) is 0 Å². The zero-order valence-corrected chi connectivity index (χ0v) is 49.7. The standard InChI is InChI=1S/C70H118O6/c1-4-7-10-13-16-19-22-25-28-30-32-33-34-35-36-37-39-40-42-45-48-51-54-57-60-63-69(72)75-66-67(65-74-68(71)62-59-56-53-50-47-44-27-24-21-18-15-12-9-6-3)76-70(73)64-61-58-55-52-49-46-43-41-38-31-29-26-23-20-17-14-11-8-5-2/h8,11,17,20,22,24-27,29-30,32,34-35,38,41,46,49,67H,4-7,9-10,12-16,18-19,21,23,28,31,33,36-37,39-40,42-45,47-48,50-66H2,1-3H3/b11-8-,20-17-,25-22-,27-24-,29-26-,32-30-,35-34-,41-38-,49-46-. The highest BCUT2D eigenvalue weighted by Gasteiger charge is 2.19. The van der Waals surface area contributed by atoms with Gasteiger partial charge in [-0.1, -0.05) is 259 Å². The van der Waals surface area contributed by atoms with E-state index >= 15 is 0 Å². The van der Waals surface area contributed by atoms with Gasteiger partial charge in [0, 0.05) is 19.3 Å². The predicted molar refractivity (Wildman–Crippen MR) is 330 cm³/mol. The third kappa shape index (κ3) is 60.9. The van der Waals surface area contributed by atoms with E-state index in [0.717, 1.165) is 116 Å². The lowest BCUT2D eigenvalue weighted by molar-refractivity contribution is -0.167. The minimum atomic E-state index is -0.804. The second kappa shape index (κ2) is 63.6. The molecule has 0 aliphatic rings. The maximum absolute atomic E-state index is 12.9. The number of allylic oxidation sites excluding steroid dienone is 18. The van der Waals surface area contributed by atoms with Crippen molar-refractivity contribution in [2.24, 2.45) is 0 Å². The van der Waals surface area contributed by atoms with Crippen molar-refractivity contribution in [3.63, 3.8) is 0 Å². The van der Waals surface area contributed by atoms with Gasteiger partial charge in [-0.2, -0.15) is 0 Å². The molecule has 0 aromatic carbocycles. The van der Waals surface area contributed by atoms with E-state index in [1.165, 1.54) is 141 Å². The molecule has 0 aliphatic heterocycles. The summed E-state index contributed by atoms with van der Waals surface area (Å²) >= 11 is 0. The first-order chi connectivity index (χ1) is 37.5. The average molecular weight is 1060 g/mol. The molecule has 1 unspecified atom stereocenters. The summed E-state index contributed by atoms with van der Waals surface area (Å²) in [5.74, 6) is -0.936. The zero-order chi connectivity index (χ0) is 55.0. The van der Waals surface area contributed by atoms with Crippen molar-refractivity contribution in [2.45, 2.75) is 303 Å². The number of carbonyl (C=O) groups is 3. The molecule has 6 heteroatoms. The van der Waals surface area contributed by atoms with Crippen LogP contribution in [0.5, 0.6) is 0 Å². The van der Waals surface area contributed by atoms with E-state index in [0.29, 0.717) is 12.8 Å². The summed E-state index contributed by atoms with van der Waals surface area (Å²) in [7, 11) is 0. The maximum Gasteiger partial charge on any atom is 0.306 e. The summed E-state index contributed by atoms with van der Waals surface area (Å²) in [5, 5.41) is 0. The van der Waals surface area contributed by atoms with E-state index in [2.05, 4.69) is 130 Å². The lowest BCUT2D eigenvalue weighted by Gasteiger charge is -2.18. The van der Waals surface area contributed by atoms with Crippen molar-refractivity contribution in [2.75, 3.05) is 13.2 Å². The quantitative estimate of drug-likeness (QED) is 0.0261. The lowest BCUT2D eigenvalue weighted by atomic mass is 10.1. The van der Waals surface area contributed by atoms with Crippen LogP contribution in [0.2, 0.25) is 0 Å². The molecule has 0 N–H and O–H groups in total. The molecule has 6 nitrogen and oxygen atoms in total. The van der Waals surface area contributed by atoms with Gasteiger partial charge in [-0.05, 0) is 128 Å². The lowest BCUT2D eigenvalue weighted by Crippen LogP contribution is -2.30. The minimum absolute atomic E-state index is 0.0969. The fourth-order valence-electron chi connectivity index (χ4n) is 8.71. The first kappa shape index (κ1) is 72.1. The smallest absolute Gasteiger partial charge is 0.306 e. The van der Waals surface area contributed by atoms with Crippen LogP contribution in [0.25, 0.3) is 0 Å². The monoisotopic (exact) mass is 1050 g/mol. The van der Waals surface area contributed by atoms with Crippen LogP contribution in [0.3, 0.4) is 0 Å². The largest absolute Gasteiger partial charge is 0.462 e. The molecule has 0 rings (SSSR count). The first-order valence-electron chi connectivity index (χ1n) is 31.9. The van der Waals surface area contributed by atoms with E-state index in [1.54, 1.807) is 0 Å². The topological polar surface area (TPSA) is 78.9 Å². The summed E-state index contributed by atoms with van der Waals surface area (Å²) in [5.41, 5.74) is 0. The van der Waals surface area contributed by atoms with Crippen LogP contribution >= 0.6 is 0 Å². The number of ether oxygens (including phenoxy) is 3. The van der Waals surface area contributed by atoms with Gasteiger partial charge in [-0.15, -0.1) is 0 Å². The second-order valence-electron chi connectivity index (χ2n) is 20.9. The van der Waals surface area contributed by atoms with Gasteiger partial charge in [0.2, 0.25) is 0 Å². The number of esters is 3. The molecule has 0 saturated carbocycles. The molecular weight excluding hydrogens is 937 g/mol. The van der Waals surface area contributed by atoms with Crippen LogP contribution in [0, 0.1) is 0 Å². The second-order valence-corrected chi connectivity index (χ2v) is 20.9. The summed E-state index contributed by atoms with van der Waals surface area (Å²) in [4.78, 5) is 38.3. The van der Waals surface area contributed by atoms with Crippen LogP contribution in [-0.2, 0) is 28.6 Å². The van der Waals surface area contributed by atoms with Crippen molar-refractivity contribution in [1.29, 1.82) is 0 Å². The summed E-state index contributed by atoms with van der Waals surface area (Å²) in [6.45, 7) is 6.48. The fourth-order valence-corrected chi connectivity index (χ4v) is 8.71. The van der Waals surface area contributed by atoms with Crippen LogP contribution in [0.15, 0.2) is 109 Å². The van der Waals surface area contributed by atoms with Gasteiger partial charge in [0.1, 0.15) is 13.2 Å². The Morgan fingerprint density at radius 2 is 0.513 bits per heavy atom. The Balaban J connectivity index is 4.40. The molecular formula is C70H118O6. The molecule has 0 amide bonds. The van der Waals surface area contributed by atoms with E-state index in [1.807, 2.05) is 0 Å². The number of carbonyl (C=O) groups excluding carboxylic acids is 3. The van der Waals surface area contributed by atoms with Gasteiger partial charge in [-0.3, -0.25) is 14.4 Å². The van der Waals surface area contributed by atoms with E-state index < -0.39 is 6.10 Å². The van der Waals surface area contributed by atoms with Gasteiger partial charge in [0.25, 0.3) is 0 Å². The minimum Gasteiger partial charge on any atom is -0.462 e. The highest BCUT2D eigenvalue weighted by Crippen LogP contribution is 2.15. The third-order valence-corrected chi connectivity index (χ3v) is 13.5. The van der Waals surface area contributed by atoms with E-state index in [-0.39, 0.29) is 37.5 Å². The molecule has 76 heavy (non-hydrogen) atoms. The van der Waals surface area contributed by atoms with Crippen molar-refractivity contribution < 1.29 is 28.6 Å². The molecule has 0 radical (unpaired) electrons. The average Bonchev–Trinajstić information content (AvgIpc) is 3.42. The number of rotatable bonds is 57. The zero-order valence-electron chi connectivity index (χ0n) is 49.7. The highest BCUT2D eigenvalue weighted by atomic mass is 16.6. The normalized spacial score (nSPS) is 12.8. The summed E-state index contributed by atoms with van der Waals surface area (Å²) in [6.07, 6.45) is 86.6. The van der Waals surface area contributed by atoms with Crippen molar-refractivity contribution >= 4 is 17.9 Å². The van der Waals surface area contributed by atoms with E-state index in [9.17, 15) is 14.4 Å². The van der Waals surface area contributed by atoms with Crippen LogP contribution < -0.4 is 0 Å². The van der Waals surface area contributed by atoms with Gasteiger partial charge in [0.05, 0.1) is 0 Å². The number of unbranched alkanes of at least 4 members (excludes halogenated alkanes) is 28. The van der Waals surface area contributed by atoms with Crippen molar-refractivity contribution in [3.8, 4) is 0 Å². The van der Waals surface area contributed by atoms with Crippen molar-refractivity contribution in [3.05, 3.63) is 109 Å². The fraction of sp³-hybridized carbons (Fsp3) is 0.700. The molecule has 0 heterocycles. The molecule has 1 atom stereocenters. The molecule has 0 aromatic heterocycles. The number of hydrogen-bond donors (Lipinski definition) is 0. The Morgan fingerprint density at radius 3 is 0.829 bits per heavy atom. The molecule has 0 bridgehead atoms. The highest BCUT2D eigenvalue weighted by molar-refractivity contribution is 5.71. The van der Waals surface area contributed by atoms with Crippen LogP contribution in [0.1, 0.15) is 297 Å². The molecule has 0 saturated heterocycles. The SMILES string of the molecule is CC/C=C\C/C=C\C/C=C\C/C=C\C/C=C\CCCCCC(=O)OC(COC(=O)CCCCCCC/C=C\CCCCCCC)COC(=O)CCCCCCCCCCCC/C=C\C/C=C\C/C=C\CCCCCCC. The van der Waals surface area contributed by atoms with Gasteiger partial charge >= 0.3 is 17.9 Å². The van der Waals surface area contributed by atoms with E-state index in [4.69, 9.17) is 14.2 Å². The Labute approximate surface area is 470 Å². The Bertz CT molecular complexity index is 1540. The molecule has 0 fully saturated rings. The Morgan fingerprint density at radius 1 is 0.276 bits per heavy atom. The molecule has 434 valence electrons. The molecule has 0 aromatic rings. The number of hydrogen-bond acceptors (Lipinski definition) is 6. The summed E-state index contributed by atoms with van der Waals surface area (Å²) < 4.78 is 16.9. The van der Waals surface area contributed by atoms with Crippen molar-refractivity contribution in [1.82, 2.24) is 0 Å². The maximum atomic E-state index is 12.9. The molecule has 0 aliphatic carbocycles. The van der Waals surface area contributed by atoms with Gasteiger partial charge < -0.3 is 14.2 Å². The molecule has 0 spiro atoms.